The van der Waals surface area contributed by atoms with Crippen LogP contribution in [0.5, 0.6) is 0 Å². The molecule has 2 heterocycles. The molecule has 4 rings (SSSR count). The van der Waals surface area contributed by atoms with Crippen LogP contribution in [0.4, 0.5) is 4.79 Å². The number of thiophene rings is 1. The molecule has 3 amide bonds. The highest BCUT2D eigenvalue weighted by Crippen LogP contribution is 2.32. The van der Waals surface area contributed by atoms with E-state index in [1.807, 2.05) is 47.8 Å². The molecule has 4 atom stereocenters. The van der Waals surface area contributed by atoms with Gasteiger partial charge >= 0.3 is 6.09 Å². The Bertz CT molecular complexity index is 1300. The fourth-order valence-corrected chi connectivity index (χ4v) is 6.37. The number of carbonyl (C=O) groups is 3. The van der Waals surface area contributed by atoms with Crippen molar-refractivity contribution in [2.24, 2.45) is 5.92 Å². The zero-order chi connectivity index (χ0) is 31.5. The fourth-order valence-electron chi connectivity index (χ4n) is 5.59. The van der Waals surface area contributed by atoms with Crippen molar-refractivity contribution in [2.75, 3.05) is 0 Å². The molecule has 44 heavy (non-hydrogen) atoms. The van der Waals surface area contributed by atoms with E-state index < -0.39 is 47.7 Å². The predicted molar refractivity (Wildman–Crippen MR) is 170 cm³/mol. The van der Waals surface area contributed by atoms with E-state index in [0.29, 0.717) is 18.0 Å². The molecule has 10 nitrogen and oxygen atoms in total. The lowest BCUT2D eigenvalue weighted by Crippen LogP contribution is -2.57. The van der Waals surface area contributed by atoms with Gasteiger partial charge in [0.05, 0.1) is 18.1 Å². The van der Waals surface area contributed by atoms with Crippen molar-refractivity contribution < 1.29 is 24.2 Å². The number of nitrogens with zero attached hydrogens (tertiary/aromatic N) is 1. The summed E-state index contributed by atoms with van der Waals surface area (Å²) >= 11 is 1.45. The maximum atomic E-state index is 13.9. The van der Waals surface area contributed by atoms with Crippen molar-refractivity contribution in [2.45, 2.75) is 102 Å². The van der Waals surface area contributed by atoms with Crippen molar-refractivity contribution >= 4 is 29.2 Å². The number of hydrogen-bond donors (Lipinski definition) is 5. The number of ether oxygens (including phenoxy) is 1. The Labute approximate surface area is 263 Å². The molecular weight excluding hydrogens is 578 g/mol. The van der Waals surface area contributed by atoms with Crippen LogP contribution in [-0.4, -0.2) is 56.7 Å². The molecule has 0 bridgehead atoms. The molecule has 11 heteroatoms. The second-order valence-electron chi connectivity index (χ2n) is 12.5. The number of aromatic nitrogens is 2. The van der Waals surface area contributed by atoms with E-state index in [1.54, 1.807) is 27.0 Å². The third-order valence-electron chi connectivity index (χ3n) is 7.75. The molecule has 1 aromatic carbocycles. The highest BCUT2D eigenvalue weighted by molar-refractivity contribution is 7.10. The van der Waals surface area contributed by atoms with E-state index in [9.17, 15) is 19.5 Å². The SMILES string of the molecule is CC(C)(C)OC(=O)N[C@@H](Cc1ccccc1)C(=O)N[C@@H](Cc1c[nH]cn1)C(=O)N[C@H](CC1CCCCC1)[C@H](O)c1cccs1. The number of aliphatic hydroxyl groups is 1. The number of aromatic amines is 1. The first-order valence-corrected chi connectivity index (χ1v) is 16.3. The van der Waals surface area contributed by atoms with Gasteiger partial charge in [0.1, 0.15) is 23.8 Å². The lowest BCUT2D eigenvalue weighted by Gasteiger charge is -2.31. The summed E-state index contributed by atoms with van der Waals surface area (Å²) in [7, 11) is 0. The molecule has 1 fully saturated rings. The lowest BCUT2D eigenvalue weighted by atomic mass is 9.83. The number of nitrogens with one attached hydrogen (secondary N) is 4. The van der Waals surface area contributed by atoms with Crippen LogP contribution in [0.2, 0.25) is 0 Å². The smallest absolute Gasteiger partial charge is 0.408 e. The maximum absolute atomic E-state index is 13.9. The van der Waals surface area contributed by atoms with Crippen molar-refractivity contribution in [1.29, 1.82) is 0 Å². The minimum atomic E-state index is -1.01. The summed E-state index contributed by atoms with van der Waals surface area (Å²) in [5.74, 6) is -0.553. The molecule has 3 aromatic rings. The number of aliphatic hydroxyl groups excluding tert-OH is 1. The molecular formula is C33H45N5O5S. The Balaban J connectivity index is 1.54. The van der Waals surface area contributed by atoms with Crippen LogP contribution in [0.15, 0.2) is 60.4 Å². The molecule has 0 aliphatic heterocycles. The maximum Gasteiger partial charge on any atom is 0.408 e. The van der Waals surface area contributed by atoms with Crippen LogP contribution < -0.4 is 16.0 Å². The first-order valence-electron chi connectivity index (χ1n) is 15.4. The van der Waals surface area contributed by atoms with Crippen molar-refractivity contribution in [1.82, 2.24) is 25.9 Å². The van der Waals surface area contributed by atoms with Gasteiger partial charge in [0.15, 0.2) is 0 Å². The van der Waals surface area contributed by atoms with Crippen LogP contribution in [0.1, 0.15) is 81.5 Å². The number of benzene rings is 1. The van der Waals surface area contributed by atoms with E-state index in [4.69, 9.17) is 4.74 Å². The first-order chi connectivity index (χ1) is 21.1. The summed E-state index contributed by atoms with van der Waals surface area (Å²) in [5, 5.41) is 21.9. The molecule has 1 aliphatic rings. The molecule has 238 valence electrons. The van der Waals surface area contributed by atoms with Gasteiger partial charge in [0.25, 0.3) is 0 Å². The number of imidazole rings is 1. The van der Waals surface area contributed by atoms with Gasteiger partial charge in [-0.15, -0.1) is 11.3 Å². The van der Waals surface area contributed by atoms with Crippen LogP contribution in [-0.2, 0) is 27.2 Å². The standard InChI is InChI=1S/C33H45N5O5S/c1-33(2,3)43-32(42)38-26(18-23-13-8-5-9-14-23)30(40)37-27(19-24-20-34-21-35-24)31(41)36-25(17-22-11-6-4-7-12-22)29(39)28-15-10-16-44-28/h5,8-10,13-16,20-22,25-27,29,39H,4,6-7,11-12,17-19H2,1-3H3,(H,34,35)(H,36,41)(H,37,40)(H,38,42)/t25-,26+,27+,29+/m1/s1. The molecule has 5 N–H and O–H groups in total. The Morgan fingerprint density at radius 3 is 2.32 bits per heavy atom. The Kier molecular flexibility index (Phi) is 12.0. The summed E-state index contributed by atoms with van der Waals surface area (Å²) in [4.78, 5) is 48.4. The normalized spacial score (nSPS) is 16.7. The van der Waals surface area contributed by atoms with Gasteiger partial charge in [0.2, 0.25) is 11.8 Å². The number of hydrogen-bond acceptors (Lipinski definition) is 7. The molecule has 0 radical (unpaired) electrons. The van der Waals surface area contributed by atoms with Crippen molar-refractivity contribution in [3.8, 4) is 0 Å². The third-order valence-corrected chi connectivity index (χ3v) is 8.69. The van der Waals surface area contributed by atoms with Gasteiger partial charge in [0, 0.05) is 23.9 Å². The second kappa shape index (κ2) is 15.9. The lowest BCUT2D eigenvalue weighted by molar-refractivity contribution is -0.131. The minimum Gasteiger partial charge on any atom is -0.444 e. The zero-order valence-corrected chi connectivity index (χ0v) is 26.6. The number of alkyl carbamates (subject to hydrolysis) is 1. The van der Waals surface area contributed by atoms with E-state index in [-0.39, 0.29) is 12.8 Å². The second-order valence-corrected chi connectivity index (χ2v) is 13.5. The summed E-state index contributed by atoms with van der Waals surface area (Å²) < 4.78 is 5.43. The van der Waals surface area contributed by atoms with Gasteiger partial charge in [-0.2, -0.15) is 0 Å². The molecule has 0 unspecified atom stereocenters. The quantitative estimate of drug-likeness (QED) is 0.185. The largest absolute Gasteiger partial charge is 0.444 e. The fraction of sp³-hybridized carbons (Fsp3) is 0.515. The van der Waals surface area contributed by atoms with Crippen LogP contribution in [0, 0.1) is 5.92 Å². The molecule has 1 aliphatic carbocycles. The Hall–Kier alpha value is -3.70. The minimum absolute atomic E-state index is 0.122. The molecule has 0 saturated heterocycles. The van der Waals surface area contributed by atoms with Gasteiger partial charge in [-0.05, 0) is 50.1 Å². The van der Waals surface area contributed by atoms with Gasteiger partial charge in [-0.25, -0.2) is 9.78 Å². The van der Waals surface area contributed by atoms with E-state index >= 15 is 0 Å². The number of H-pyrrole nitrogens is 1. The van der Waals surface area contributed by atoms with Crippen LogP contribution in [0.3, 0.4) is 0 Å². The van der Waals surface area contributed by atoms with E-state index in [0.717, 1.165) is 36.1 Å². The van der Waals surface area contributed by atoms with Crippen molar-refractivity contribution in [3.05, 3.63) is 76.5 Å². The van der Waals surface area contributed by atoms with Gasteiger partial charge in [-0.3, -0.25) is 9.59 Å². The monoisotopic (exact) mass is 623 g/mol. The summed E-state index contributed by atoms with van der Waals surface area (Å²) in [6, 6.07) is 10.5. The summed E-state index contributed by atoms with van der Waals surface area (Å²) in [6.07, 6.45) is 8.18. The average molecular weight is 624 g/mol. The van der Waals surface area contributed by atoms with Crippen LogP contribution >= 0.6 is 11.3 Å². The highest BCUT2D eigenvalue weighted by Gasteiger charge is 2.33. The van der Waals surface area contributed by atoms with Gasteiger partial charge in [-0.1, -0.05) is 68.5 Å². The Morgan fingerprint density at radius 2 is 1.68 bits per heavy atom. The molecule has 2 aromatic heterocycles. The Morgan fingerprint density at radius 1 is 0.977 bits per heavy atom. The predicted octanol–water partition coefficient (Wildman–Crippen LogP) is 4.82. The first kappa shape index (κ1) is 33.2. The third kappa shape index (κ3) is 10.5. The van der Waals surface area contributed by atoms with Gasteiger partial charge < -0.3 is 30.8 Å². The zero-order valence-electron chi connectivity index (χ0n) is 25.8. The number of amides is 3. The van der Waals surface area contributed by atoms with E-state index in [1.165, 1.54) is 24.1 Å². The van der Waals surface area contributed by atoms with Crippen LogP contribution in [0.25, 0.3) is 0 Å². The number of carbonyl (C=O) groups excluding carboxylic acids is 3. The summed E-state index contributed by atoms with van der Waals surface area (Å²) in [6.45, 7) is 5.24. The molecule has 0 spiro atoms. The van der Waals surface area contributed by atoms with E-state index in [2.05, 4.69) is 25.9 Å². The highest BCUT2D eigenvalue weighted by atomic mass is 32.1. The summed E-state index contributed by atoms with van der Waals surface area (Å²) in [5.41, 5.74) is 0.674. The van der Waals surface area contributed by atoms with Crippen molar-refractivity contribution in [3.63, 3.8) is 0 Å². The average Bonchev–Trinajstić information content (AvgIpc) is 3.71. The topological polar surface area (TPSA) is 145 Å². The number of rotatable bonds is 13. The molecule has 1 saturated carbocycles.